The van der Waals surface area contributed by atoms with Gasteiger partial charge >= 0.3 is 0 Å². The van der Waals surface area contributed by atoms with Gasteiger partial charge in [0.15, 0.2) is 11.5 Å². The minimum absolute atomic E-state index is 0.00889. The molecule has 0 saturated heterocycles. The SMILES string of the molecule is CC(=O)N(Br)c1c([C@H](O)CN)ccc(O)c1O[C@@H]1C[C@@H](C)CC[C@H]1C(C)C. The fourth-order valence-electron chi connectivity index (χ4n) is 3.85. The Morgan fingerprint density at radius 3 is 2.63 bits per heavy atom. The fourth-order valence-corrected chi connectivity index (χ4v) is 4.22. The number of carbonyl (C=O) groups is 1. The molecule has 0 spiro atoms. The normalized spacial score (nSPS) is 23.9. The van der Waals surface area contributed by atoms with Gasteiger partial charge in [-0.05, 0) is 36.7 Å². The molecular weight excluding hydrogens is 412 g/mol. The van der Waals surface area contributed by atoms with Gasteiger partial charge in [0.05, 0.1) is 22.3 Å². The van der Waals surface area contributed by atoms with Gasteiger partial charge < -0.3 is 20.7 Å². The zero-order chi connectivity index (χ0) is 20.3. The van der Waals surface area contributed by atoms with Gasteiger partial charge in [0.25, 0.3) is 0 Å². The van der Waals surface area contributed by atoms with Gasteiger partial charge in [0, 0.05) is 19.0 Å². The van der Waals surface area contributed by atoms with E-state index in [1.54, 1.807) is 6.07 Å². The van der Waals surface area contributed by atoms with E-state index in [1.807, 2.05) is 0 Å². The van der Waals surface area contributed by atoms with Crippen molar-refractivity contribution in [1.29, 1.82) is 0 Å². The molecule has 7 heteroatoms. The average Bonchev–Trinajstić information content (AvgIpc) is 2.61. The highest BCUT2D eigenvalue weighted by atomic mass is 79.9. The summed E-state index contributed by atoms with van der Waals surface area (Å²) in [6.07, 6.45) is 2.05. The van der Waals surface area contributed by atoms with Crippen molar-refractivity contribution in [3.8, 4) is 11.5 Å². The molecule has 152 valence electrons. The maximum absolute atomic E-state index is 12.0. The lowest BCUT2D eigenvalue weighted by atomic mass is 9.75. The predicted molar refractivity (Wildman–Crippen MR) is 110 cm³/mol. The number of nitrogens with two attached hydrogens (primary N) is 1. The number of carbonyl (C=O) groups excluding carboxylic acids is 1. The number of halogens is 1. The minimum atomic E-state index is -0.978. The summed E-state index contributed by atoms with van der Waals surface area (Å²) in [4.78, 5) is 12.0. The zero-order valence-electron chi connectivity index (χ0n) is 16.5. The fraction of sp³-hybridized carbons (Fsp3) is 0.650. The number of hydrogen-bond acceptors (Lipinski definition) is 5. The molecule has 27 heavy (non-hydrogen) atoms. The van der Waals surface area contributed by atoms with E-state index in [0.29, 0.717) is 29.0 Å². The Morgan fingerprint density at radius 1 is 1.41 bits per heavy atom. The molecule has 4 atom stereocenters. The van der Waals surface area contributed by atoms with Gasteiger partial charge in [-0.2, -0.15) is 0 Å². The van der Waals surface area contributed by atoms with Gasteiger partial charge in [0.1, 0.15) is 11.8 Å². The molecule has 1 aliphatic carbocycles. The Bertz CT molecular complexity index is 668. The summed E-state index contributed by atoms with van der Waals surface area (Å²) < 4.78 is 7.56. The molecule has 0 bridgehead atoms. The van der Waals surface area contributed by atoms with Gasteiger partial charge in [-0.15, -0.1) is 0 Å². The van der Waals surface area contributed by atoms with Crippen LogP contribution in [0.2, 0.25) is 0 Å². The largest absolute Gasteiger partial charge is 0.504 e. The van der Waals surface area contributed by atoms with Gasteiger partial charge in [0.2, 0.25) is 5.91 Å². The first-order chi connectivity index (χ1) is 12.7. The molecule has 1 fully saturated rings. The van der Waals surface area contributed by atoms with E-state index < -0.39 is 6.10 Å². The van der Waals surface area contributed by atoms with Crippen molar-refractivity contribution in [3.05, 3.63) is 17.7 Å². The third-order valence-corrected chi connectivity index (χ3v) is 6.28. The number of hydrogen-bond donors (Lipinski definition) is 3. The third-order valence-electron chi connectivity index (χ3n) is 5.43. The number of aliphatic hydroxyl groups is 1. The third kappa shape index (κ3) is 4.95. The first kappa shape index (κ1) is 22.0. The molecule has 1 aliphatic rings. The van der Waals surface area contributed by atoms with Crippen LogP contribution in [-0.2, 0) is 4.79 Å². The number of amides is 1. The average molecular weight is 443 g/mol. The molecule has 1 aromatic carbocycles. The number of rotatable bonds is 6. The summed E-state index contributed by atoms with van der Waals surface area (Å²) in [7, 11) is 0. The van der Waals surface area contributed by atoms with Crippen molar-refractivity contribution in [2.45, 2.75) is 59.2 Å². The number of phenolic OH excluding ortho intramolecular Hbond substituents is 1. The van der Waals surface area contributed by atoms with E-state index in [9.17, 15) is 15.0 Å². The number of phenols is 1. The molecule has 0 radical (unpaired) electrons. The second kappa shape index (κ2) is 9.26. The first-order valence-corrected chi connectivity index (χ1v) is 10.2. The lowest BCUT2D eigenvalue weighted by Crippen LogP contribution is -2.37. The van der Waals surface area contributed by atoms with Gasteiger partial charge in [-0.3, -0.25) is 4.79 Å². The van der Waals surface area contributed by atoms with Crippen LogP contribution in [0, 0.1) is 17.8 Å². The van der Waals surface area contributed by atoms with Crippen molar-refractivity contribution in [2.24, 2.45) is 23.5 Å². The number of benzene rings is 1. The highest BCUT2D eigenvalue weighted by Crippen LogP contribution is 2.46. The van der Waals surface area contributed by atoms with Crippen molar-refractivity contribution in [3.63, 3.8) is 0 Å². The van der Waals surface area contributed by atoms with Crippen molar-refractivity contribution in [1.82, 2.24) is 0 Å². The quantitative estimate of drug-likeness (QED) is 0.580. The summed E-state index contributed by atoms with van der Waals surface area (Å²) in [6.45, 7) is 7.94. The summed E-state index contributed by atoms with van der Waals surface area (Å²) >= 11 is 3.25. The highest BCUT2D eigenvalue weighted by Gasteiger charge is 2.35. The van der Waals surface area contributed by atoms with E-state index in [2.05, 4.69) is 36.9 Å². The summed E-state index contributed by atoms with van der Waals surface area (Å²) in [5, 5.41) is 20.8. The minimum Gasteiger partial charge on any atom is -0.504 e. The lowest BCUT2D eigenvalue weighted by Gasteiger charge is -2.38. The van der Waals surface area contributed by atoms with E-state index in [-0.39, 0.29) is 30.1 Å². The van der Waals surface area contributed by atoms with Crippen LogP contribution in [0.3, 0.4) is 0 Å². The van der Waals surface area contributed by atoms with Crippen LogP contribution in [0.4, 0.5) is 5.69 Å². The number of ether oxygens (including phenoxy) is 1. The van der Waals surface area contributed by atoms with Crippen LogP contribution in [0.15, 0.2) is 12.1 Å². The van der Waals surface area contributed by atoms with Crippen LogP contribution in [0.5, 0.6) is 11.5 Å². The van der Waals surface area contributed by atoms with Crippen LogP contribution < -0.4 is 14.4 Å². The van der Waals surface area contributed by atoms with Crippen LogP contribution in [0.25, 0.3) is 0 Å². The molecule has 2 rings (SSSR count). The van der Waals surface area contributed by atoms with E-state index in [0.717, 1.165) is 19.3 Å². The molecule has 1 amide bonds. The monoisotopic (exact) mass is 442 g/mol. The Kier molecular flexibility index (Phi) is 7.54. The molecule has 0 aromatic heterocycles. The Balaban J connectivity index is 2.52. The maximum atomic E-state index is 12.0. The molecule has 1 saturated carbocycles. The molecule has 1 aromatic rings. The Morgan fingerprint density at radius 2 is 2.07 bits per heavy atom. The number of nitrogens with zero attached hydrogens (tertiary/aromatic N) is 1. The maximum Gasteiger partial charge on any atom is 0.234 e. The molecule has 4 N–H and O–H groups in total. The second-order valence-corrected chi connectivity index (χ2v) is 8.59. The van der Waals surface area contributed by atoms with Gasteiger partial charge in [-0.1, -0.05) is 33.3 Å². The van der Waals surface area contributed by atoms with Crippen LogP contribution in [0.1, 0.15) is 58.6 Å². The van der Waals surface area contributed by atoms with Crippen LogP contribution >= 0.6 is 16.1 Å². The Labute approximate surface area is 170 Å². The second-order valence-electron chi connectivity index (χ2n) is 7.89. The van der Waals surface area contributed by atoms with E-state index in [4.69, 9.17) is 10.5 Å². The smallest absolute Gasteiger partial charge is 0.234 e. The highest BCUT2D eigenvalue weighted by molar-refractivity contribution is 9.10. The predicted octanol–water partition coefficient (Wildman–Crippen LogP) is 3.89. The van der Waals surface area contributed by atoms with E-state index in [1.165, 1.54) is 16.9 Å². The first-order valence-electron chi connectivity index (χ1n) is 9.54. The molecule has 6 nitrogen and oxygen atoms in total. The number of aliphatic hydroxyl groups excluding tert-OH is 1. The summed E-state index contributed by atoms with van der Waals surface area (Å²) in [5.74, 6) is 1.17. The van der Waals surface area contributed by atoms with Crippen LogP contribution in [-0.4, -0.2) is 28.8 Å². The summed E-state index contributed by atoms with van der Waals surface area (Å²) in [5.41, 5.74) is 6.37. The Hall–Kier alpha value is -1.31. The molecule has 0 heterocycles. The lowest BCUT2D eigenvalue weighted by molar-refractivity contribution is -0.115. The molecule has 0 unspecified atom stereocenters. The van der Waals surface area contributed by atoms with Gasteiger partial charge in [-0.25, -0.2) is 3.93 Å². The van der Waals surface area contributed by atoms with E-state index >= 15 is 0 Å². The topological polar surface area (TPSA) is 96.0 Å². The van der Waals surface area contributed by atoms with Crippen molar-refractivity contribution in [2.75, 3.05) is 10.5 Å². The summed E-state index contributed by atoms with van der Waals surface area (Å²) in [6, 6.07) is 3.04. The molecule has 0 aliphatic heterocycles. The standard InChI is InChI=1S/C20H31BrN2O4/c1-11(2)14-6-5-12(3)9-18(14)27-20-16(25)8-7-15(17(26)10-22)19(20)23(21)13(4)24/h7-8,11-12,14,17-18,25-26H,5-6,9-10,22H2,1-4H3/t12-,14-,17+,18+/m0/s1. The number of aromatic hydroxyl groups is 1. The number of anilines is 1. The van der Waals surface area contributed by atoms with Crippen molar-refractivity contribution >= 4 is 27.7 Å². The zero-order valence-corrected chi connectivity index (χ0v) is 18.1. The van der Waals surface area contributed by atoms with Crippen molar-refractivity contribution < 1.29 is 19.7 Å². The molecular formula is C20H31BrN2O4.